The van der Waals surface area contributed by atoms with E-state index in [1.54, 1.807) is 97.9 Å². The van der Waals surface area contributed by atoms with Crippen molar-refractivity contribution in [3.8, 4) is 34.0 Å². The van der Waals surface area contributed by atoms with Gasteiger partial charge < -0.3 is 19.7 Å². The monoisotopic (exact) mass is 635 g/mol. The number of amides is 2. The summed E-state index contributed by atoms with van der Waals surface area (Å²) in [5, 5.41) is 3.56. The van der Waals surface area contributed by atoms with Crippen molar-refractivity contribution in [1.29, 1.82) is 0 Å². The number of nitrogen functional groups attached to an aromatic ring is 1. The van der Waals surface area contributed by atoms with E-state index in [0.29, 0.717) is 33.1 Å². The molecule has 2 aromatic carbocycles. The van der Waals surface area contributed by atoms with E-state index in [-0.39, 0.29) is 22.2 Å². The van der Waals surface area contributed by atoms with Gasteiger partial charge in [-0.1, -0.05) is 29.4 Å². The second kappa shape index (κ2) is 12.3. The Labute approximate surface area is 262 Å². The minimum absolute atomic E-state index is 0.0164. The van der Waals surface area contributed by atoms with Crippen LogP contribution in [0.4, 0.5) is 21.1 Å². The second-order valence-corrected chi connectivity index (χ2v) is 15.0. The molecular formula is C32H37N5O7S. The molecule has 0 radical (unpaired) electrons. The Balaban J connectivity index is 1.90. The van der Waals surface area contributed by atoms with Crippen molar-refractivity contribution < 1.29 is 32.0 Å². The van der Waals surface area contributed by atoms with Gasteiger partial charge in [-0.15, -0.1) is 0 Å². The van der Waals surface area contributed by atoms with Crippen LogP contribution in [0, 0.1) is 0 Å². The van der Waals surface area contributed by atoms with Crippen molar-refractivity contribution in [2.75, 3.05) is 10.6 Å². The van der Waals surface area contributed by atoms with E-state index in [1.807, 2.05) is 0 Å². The van der Waals surface area contributed by atoms with Crippen LogP contribution in [0.25, 0.3) is 34.0 Å². The van der Waals surface area contributed by atoms with Gasteiger partial charge in [-0.25, -0.2) is 28.0 Å². The fourth-order valence-electron chi connectivity index (χ4n) is 3.98. The third kappa shape index (κ3) is 7.85. The van der Waals surface area contributed by atoms with E-state index in [9.17, 15) is 18.0 Å². The first kappa shape index (κ1) is 33.1. The molecule has 12 nitrogen and oxygen atoms in total. The van der Waals surface area contributed by atoms with Gasteiger partial charge in [0.2, 0.25) is 0 Å². The van der Waals surface area contributed by atoms with Gasteiger partial charge in [-0.2, -0.15) is 4.90 Å². The number of hydrogen-bond acceptors (Lipinski definition) is 11. The van der Waals surface area contributed by atoms with Crippen LogP contribution < -0.4 is 10.6 Å². The molecule has 2 aromatic heterocycles. The van der Waals surface area contributed by atoms with Gasteiger partial charge in [0.1, 0.15) is 16.9 Å². The lowest BCUT2D eigenvalue weighted by atomic mass is 10.1. The molecule has 4 rings (SSSR count). The van der Waals surface area contributed by atoms with E-state index in [1.165, 1.54) is 18.3 Å². The topological polar surface area (TPSA) is 168 Å². The summed E-state index contributed by atoms with van der Waals surface area (Å²) in [6.07, 6.45) is -0.729. The van der Waals surface area contributed by atoms with Crippen molar-refractivity contribution in [3.63, 3.8) is 0 Å². The molecule has 0 atom stereocenters. The molecule has 2 heterocycles. The zero-order valence-electron chi connectivity index (χ0n) is 26.5. The number of aromatic nitrogens is 3. The summed E-state index contributed by atoms with van der Waals surface area (Å²) in [4.78, 5) is 37.0. The van der Waals surface area contributed by atoms with Crippen LogP contribution in [-0.4, -0.2) is 52.2 Å². The fraction of sp³-hybridized carbons (Fsp3) is 0.344. The number of carbonyl (C=O) groups excluding carboxylic acids is 2. The van der Waals surface area contributed by atoms with E-state index < -0.39 is 38.5 Å². The predicted molar refractivity (Wildman–Crippen MR) is 170 cm³/mol. The normalized spacial score (nSPS) is 12.2. The maximum atomic E-state index is 13.5. The van der Waals surface area contributed by atoms with Gasteiger partial charge >= 0.3 is 12.2 Å². The fourth-order valence-corrected chi connectivity index (χ4v) is 5.04. The van der Waals surface area contributed by atoms with Crippen LogP contribution in [0.5, 0.6) is 0 Å². The number of imide groups is 1. The summed E-state index contributed by atoms with van der Waals surface area (Å²) in [5.74, 6) is -0.136. The standard InChI is InChI=1S/C32H37N5O7S/c1-19(2)45(40,41)23-15-11-21(12-16-23)25-18-34-28(37(29(38)42-31(3,4)5)30(39)43-32(6,7)8)27(35-25)26-17-24(36-44-26)20-9-13-22(33)14-10-20/h9-19H,33H2,1-8H3. The van der Waals surface area contributed by atoms with E-state index in [0.717, 1.165) is 0 Å². The van der Waals surface area contributed by atoms with Gasteiger partial charge in [0.25, 0.3) is 0 Å². The lowest BCUT2D eigenvalue weighted by molar-refractivity contribution is 0.0429. The molecule has 13 heteroatoms. The molecule has 0 saturated heterocycles. The molecule has 238 valence electrons. The summed E-state index contributed by atoms with van der Waals surface area (Å²) >= 11 is 0. The SMILES string of the molecule is CC(C)S(=O)(=O)c1ccc(-c2cnc(N(C(=O)OC(C)(C)C)C(=O)OC(C)(C)C)c(-c3cc(-c4ccc(N)cc4)no3)n2)cc1. The third-order valence-corrected chi connectivity index (χ3v) is 8.34. The number of benzene rings is 2. The van der Waals surface area contributed by atoms with Crippen LogP contribution in [0.3, 0.4) is 0 Å². The van der Waals surface area contributed by atoms with E-state index in [2.05, 4.69) is 10.1 Å². The summed E-state index contributed by atoms with van der Waals surface area (Å²) in [6, 6.07) is 14.7. The molecule has 2 amide bonds. The number of rotatable bonds is 6. The molecule has 0 aliphatic rings. The summed E-state index contributed by atoms with van der Waals surface area (Å²) < 4.78 is 42.1. The predicted octanol–water partition coefficient (Wildman–Crippen LogP) is 6.91. The Morgan fingerprint density at radius 2 is 1.36 bits per heavy atom. The van der Waals surface area contributed by atoms with Crippen molar-refractivity contribution >= 4 is 33.5 Å². The van der Waals surface area contributed by atoms with Crippen molar-refractivity contribution in [1.82, 2.24) is 15.1 Å². The zero-order chi connectivity index (χ0) is 33.3. The number of carbonyl (C=O) groups is 2. The van der Waals surface area contributed by atoms with Gasteiger partial charge in [0.05, 0.1) is 22.0 Å². The van der Waals surface area contributed by atoms with E-state index >= 15 is 0 Å². The van der Waals surface area contributed by atoms with Gasteiger partial charge in [-0.3, -0.25) is 0 Å². The average molecular weight is 636 g/mol. The maximum absolute atomic E-state index is 13.5. The lowest BCUT2D eigenvalue weighted by Crippen LogP contribution is -2.44. The number of hydrogen-bond donors (Lipinski definition) is 1. The first-order chi connectivity index (χ1) is 20.9. The highest BCUT2D eigenvalue weighted by Gasteiger charge is 2.37. The number of sulfone groups is 1. The molecule has 45 heavy (non-hydrogen) atoms. The minimum Gasteiger partial charge on any atom is -0.443 e. The first-order valence-corrected chi connectivity index (χ1v) is 15.7. The zero-order valence-corrected chi connectivity index (χ0v) is 27.3. The molecular weight excluding hydrogens is 598 g/mol. The molecule has 0 aliphatic heterocycles. The number of ether oxygens (including phenoxy) is 2. The summed E-state index contributed by atoms with van der Waals surface area (Å²) in [6.45, 7) is 13.2. The van der Waals surface area contributed by atoms with Gasteiger partial charge in [0, 0.05) is 22.9 Å². The van der Waals surface area contributed by atoms with Crippen LogP contribution in [0.2, 0.25) is 0 Å². The Morgan fingerprint density at radius 1 is 0.844 bits per heavy atom. The molecule has 0 spiro atoms. The van der Waals surface area contributed by atoms with Crippen LogP contribution in [0.15, 0.2) is 70.2 Å². The number of nitrogens with two attached hydrogens (primary N) is 1. The average Bonchev–Trinajstić information content (AvgIpc) is 3.42. The molecule has 0 unspecified atom stereocenters. The Bertz CT molecular complexity index is 1770. The molecule has 0 aliphatic carbocycles. The van der Waals surface area contributed by atoms with Crippen molar-refractivity contribution in [3.05, 3.63) is 60.8 Å². The van der Waals surface area contributed by atoms with Crippen molar-refractivity contribution in [2.24, 2.45) is 0 Å². The maximum Gasteiger partial charge on any atom is 0.425 e. The molecule has 0 fully saturated rings. The highest BCUT2D eigenvalue weighted by molar-refractivity contribution is 7.92. The smallest absolute Gasteiger partial charge is 0.425 e. The Kier molecular flexibility index (Phi) is 9.06. The minimum atomic E-state index is -3.50. The molecule has 2 N–H and O–H groups in total. The number of anilines is 2. The largest absolute Gasteiger partial charge is 0.443 e. The molecule has 4 aromatic rings. The summed E-state index contributed by atoms with van der Waals surface area (Å²) in [5.41, 5.74) is 6.43. The van der Waals surface area contributed by atoms with Crippen LogP contribution in [0.1, 0.15) is 55.4 Å². The number of nitrogens with zero attached hydrogens (tertiary/aromatic N) is 4. The van der Waals surface area contributed by atoms with Crippen LogP contribution in [-0.2, 0) is 19.3 Å². The third-order valence-electron chi connectivity index (χ3n) is 6.17. The highest BCUT2D eigenvalue weighted by Crippen LogP contribution is 2.34. The Morgan fingerprint density at radius 3 is 1.87 bits per heavy atom. The Hall–Kier alpha value is -4.78. The second-order valence-electron chi connectivity index (χ2n) is 12.5. The van der Waals surface area contributed by atoms with Gasteiger partial charge in [-0.05, 0) is 79.7 Å². The first-order valence-electron chi connectivity index (χ1n) is 14.2. The van der Waals surface area contributed by atoms with E-state index in [4.69, 9.17) is 24.7 Å². The van der Waals surface area contributed by atoms with Crippen molar-refractivity contribution in [2.45, 2.75) is 76.7 Å². The van der Waals surface area contributed by atoms with Gasteiger partial charge in [0.15, 0.2) is 27.1 Å². The molecule has 0 saturated carbocycles. The van der Waals surface area contributed by atoms with Crippen LogP contribution >= 0.6 is 0 Å². The quantitative estimate of drug-likeness (QED) is 0.219. The lowest BCUT2D eigenvalue weighted by Gasteiger charge is -2.28. The highest BCUT2D eigenvalue weighted by atomic mass is 32.2. The molecule has 0 bridgehead atoms. The summed E-state index contributed by atoms with van der Waals surface area (Å²) in [7, 11) is -3.50.